The van der Waals surface area contributed by atoms with Gasteiger partial charge in [-0.15, -0.1) is 0 Å². The van der Waals surface area contributed by atoms with Gasteiger partial charge in [-0.25, -0.2) is 4.39 Å². The summed E-state index contributed by atoms with van der Waals surface area (Å²) >= 11 is 0. The molecule has 0 spiro atoms. The van der Waals surface area contributed by atoms with Gasteiger partial charge in [0.05, 0.1) is 11.6 Å². The minimum Gasteiger partial charge on any atom is -0.339 e. The summed E-state index contributed by atoms with van der Waals surface area (Å²) in [5.41, 5.74) is 2.90. The first-order chi connectivity index (χ1) is 11.2. The van der Waals surface area contributed by atoms with Crippen LogP contribution < -0.4 is 0 Å². The molecule has 3 aromatic rings. The number of benzene rings is 2. The van der Waals surface area contributed by atoms with Gasteiger partial charge in [0.15, 0.2) is 0 Å². The Morgan fingerprint density at radius 2 is 1.91 bits per heavy atom. The molecule has 0 unspecified atom stereocenters. The second kappa shape index (κ2) is 6.41. The normalized spacial score (nSPS) is 10.5. The third kappa shape index (κ3) is 3.43. The number of halogens is 1. The van der Waals surface area contributed by atoms with Crippen LogP contribution >= 0.6 is 0 Å². The quantitative estimate of drug-likeness (QED) is 0.734. The second-order valence-electron chi connectivity index (χ2n) is 5.28. The molecule has 0 radical (unpaired) electrons. The summed E-state index contributed by atoms with van der Waals surface area (Å²) in [5.74, 6) is 0.607. The van der Waals surface area contributed by atoms with Gasteiger partial charge in [0.2, 0.25) is 11.7 Å². The van der Waals surface area contributed by atoms with Gasteiger partial charge >= 0.3 is 0 Å². The van der Waals surface area contributed by atoms with Crippen LogP contribution in [-0.4, -0.2) is 10.1 Å². The molecule has 0 aliphatic heterocycles. The molecule has 1 heterocycles. The Balaban J connectivity index is 1.69. The molecule has 0 fully saturated rings. The highest BCUT2D eigenvalue weighted by Crippen LogP contribution is 2.19. The van der Waals surface area contributed by atoms with E-state index < -0.39 is 0 Å². The number of aromatic nitrogens is 2. The summed E-state index contributed by atoms with van der Waals surface area (Å²) in [6.45, 7) is 1.71. The summed E-state index contributed by atoms with van der Waals surface area (Å²) in [5, 5.41) is 12.7. The molecule has 23 heavy (non-hydrogen) atoms. The molecular weight excluding hydrogens is 293 g/mol. The minimum atomic E-state index is -0.286. The Kier molecular flexibility index (Phi) is 4.15. The van der Waals surface area contributed by atoms with E-state index in [-0.39, 0.29) is 5.82 Å². The minimum absolute atomic E-state index is 0.286. The van der Waals surface area contributed by atoms with Gasteiger partial charge in [-0.05, 0) is 42.7 Å². The Bertz CT molecular complexity index is 863. The molecule has 0 aliphatic carbocycles. The highest BCUT2D eigenvalue weighted by atomic mass is 19.1. The van der Waals surface area contributed by atoms with Crippen LogP contribution in [-0.2, 0) is 12.8 Å². The summed E-state index contributed by atoms with van der Waals surface area (Å²) in [4.78, 5) is 4.30. The van der Waals surface area contributed by atoms with Crippen molar-refractivity contribution in [3.05, 3.63) is 70.9 Å². The van der Waals surface area contributed by atoms with Crippen LogP contribution in [0.5, 0.6) is 0 Å². The van der Waals surface area contributed by atoms with Gasteiger partial charge in [0.1, 0.15) is 5.82 Å². The van der Waals surface area contributed by atoms with Crippen LogP contribution in [0.3, 0.4) is 0 Å². The van der Waals surface area contributed by atoms with E-state index in [1.165, 1.54) is 6.07 Å². The Morgan fingerprint density at radius 1 is 1.13 bits per heavy atom. The molecule has 1 aromatic heterocycles. The van der Waals surface area contributed by atoms with E-state index in [4.69, 9.17) is 9.78 Å². The van der Waals surface area contributed by atoms with E-state index >= 15 is 0 Å². The van der Waals surface area contributed by atoms with Crippen LogP contribution in [0.15, 0.2) is 47.0 Å². The summed E-state index contributed by atoms with van der Waals surface area (Å²) < 4.78 is 18.8. The van der Waals surface area contributed by atoms with Crippen molar-refractivity contribution in [2.45, 2.75) is 19.8 Å². The van der Waals surface area contributed by atoms with Crippen LogP contribution in [0.2, 0.25) is 0 Å². The number of hydrogen-bond acceptors (Lipinski definition) is 4. The topological polar surface area (TPSA) is 62.7 Å². The Morgan fingerprint density at radius 3 is 2.61 bits per heavy atom. The largest absolute Gasteiger partial charge is 0.339 e. The number of hydrogen-bond donors (Lipinski definition) is 0. The van der Waals surface area contributed by atoms with Gasteiger partial charge in [-0.3, -0.25) is 0 Å². The molecule has 114 valence electrons. The molecule has 5 heteroatoms. The molecule has 4 nitrogen and oxygen atoms in total. The SMILES string of the molecule is Cc1ccc(-c2noc(CCc3ccc(C#N)cc3)n2)cc1F. The molecule has 2 aromatic carbocycles. The lowest BCUT2D eigenvalue weighted by Gasteiger charge is -1.98. The highest BCUT2D eigenvalue weighted by Gasteiger charge is 2.10. The maximum absolute atomic E-state index is 13.6. The zero-order chi connectivity index (χ0) is 16.2. The van der Waals surface area contributed by atoms with Crippen molar-refractivity contribution in [1.29, 1.82) is 5.26 Å². The Hall–Kier alpha value is -3.00. The average Bonchev–Trinajstić information content (AvgIpc) is 3.05. The first-order valence-electron chi connectivity index (χ1n) is 7.24. The van der Waals surface area contributed by atoms with Crippen LogP contribution in [0.25, 0.3) is 11.4 Å². The third-order valence-corrected chi connectivity index (χ3v) is 3.61. The molecular formula is C18H14FN3O. The number of nitrogens with zero attached hydrogens (tertiary/aromatic N) is 3. The van der Waals surface area contributed by atoms with Crippen LogP contribution in [0.4, 0.5) is 4.39 Å². The van der Waals surface area contributed by atoms with E-state index in [1.54, 1.807) is 31.2 Å². The molecule has 0 saturated carbocycles. The predicted molar refractivity (Wildman–Crippen MR) is 83.0 cm³/mol. The van der Waals surface area contributed by atoms with Crippen LogP contribution in [0.1, 0.15) is 22.6 Å². The number of rotatable bonds is 4. The smallest absolute Gasteiger partial charge is 0.227 e. The molecule has 0 aliphatic rings. The standard InChI is InChI=1S/C18H14FN3O/c1-12-2-8-15(10-16(12)19)18-21-17(23-22-18)9-7-13-3-5-14(11-20)6-4-13/h2-6,8,10H,7,9H2,1H3. The van der Waals surface area contributed by atoms with Gasteiger partial charge < -0.3 is 4.52 Å². The van der Waals surface area contributed by atoms with E-state index in [0.29, 0.717) is 34.8 Å². The maximum Gasteiger partial charge on any atom is 0.227 e. The second-order valence-corrected chi connectivity index (χ2v) is 5.28. The van der Waals surface area contributed by atoms with E-state index in [9.17, 15) is 4.39 Å². The van der Waals surface area contributed by atoms with E-state index in [1.807, 2.05) is 12.1 Å². The van der Waals surface area contributed by atoms with Crippen molar-refractivity contribution in [3.63, 3.8) is 0 Å². The van der Waals surface area contributed by atoms with E-state index in [2.05, 4.69) is 16.2 Å². The predicted octanol–water partition coefficient (Wildman–Crippen LogP) is 3.84. The van der Waals surface area contributed by atoms with Crippen molar-refractivity contribution >= 4 is 0 Å². The lowest BCUT2D eigenvalue weighted by atomic mass is 10.1. The fraction of sp³-hybridized carbons (Fsp3) is 0.167. The first-order valence-corrected chi connectivity index (χ1v) is 7.24. The molecule has 0 saturated heterocycles. The third-order valence-electron chi connectivity index (χ3n) is 3.61. The van der Waals surface area contributed by atoms with Gasteiger partial charge in [-0.1, -0.05) is 29.4 Å². The van der Waals surface area contributed by atoms with Crippen molar-refractivity contribution in [2.24, 2.45) is 0 Å². The summed E-state index contributed by atoms with van der Waals surface area (Å²) in [6, 6.07) is 14.3. The zero-order valence-corrected chi connectivity index (χ0v) is 12.6. The van der Waals surface area contributed by atoms with Crippen molar-refractivity contribution in [2.75, 3.05) is 0 Å². The Labute approximate surface area is 133 Å². The molecule has 3 rings (SSSR count). The molecule has 0 amide bonds. The van der Waals surface area contributed by atoms with Crippen molar-refractivity contribution in [1.82, 2.24) is 10.1 Å². The lowest BCUT2D eigenvalue weighted by molar-refractivity contribution is 0.379. The lowest BCUT2D eigenvalue weighted by Crippen LogP contribution is -1.92. The molecule has 0 atom stereocenters. The van der Waals surface area contributed by atoms with Crippen molar-refractivity contribution in [3.8, 4) is 17.5 Å². The van der Waals surface area contributed by atoms with Crippen LogP contribution in [0, 0.1) is 24.1 Å². The van der Waals surface area contributed by atoms with Gasteiger partial charge in [0, 0.05) is 12.0 Å². The van der Waals surface area contributed by atoms with Gasteiger partial charge in [-0.2, -0.15) is 10.2 Å². The first kappa shape index (κ1) is 14.9. The molecule has 0 bridgehead atoms. The monoisotopic (exact) mass is 307 g/mol. The van der Waals surface area contributed by atoms with E-state index in [0.717, 1.165) is 12.0 Å². The fourth-order valence-electron chi connectivity index (χ4n) is 2.20. The van der Waals surface area contributed by atoms with Crippen molar-refractivity contribution < 1.29 is 8.91 Å². The summed E-state index contributed by atoms with van der Waals surface area (Å²) in [6.07, 6.45) is 1.32. The highest BCUT2D eigenvalue weighted by molar-refractivity contribution is 5.54. The number of aryl methyl sites for hydroxylation is 3. The summed E-state index contributed by atoms with van der Waals surface area (Å²) in [7, 11) is 0. The average molecular weight is 307 g/mol. The maximum atomic E-state index is 13.6. The molecule has 0 N–H and O–H groups in total. The van der Waals surface area contributed by atoms with Gasteiger partial charge in [0.25, 0.3) is 0 Å². The number of nitriles is 1. The zero-order valence-electron chi connectivity index (χ0n) is 12.6. The fourth-order valence-corrected chi connectivity index (χ4v) is 2.20.